The zero-order valence-corrected chi connectivity index (χ0v) is 12.2. The predicted molar refractivity (Wildman–Crippen MR) is 85.7 cm³/mol. The average molecular weight is 291 g/mol. The molecule has 0 heterocycles. The number of para-hydroxylation sites is 1. The summed E-state index contributed by atoms with van der Waals surface area (Å²) in [4.78, 5) is 5.59. The van der Waals surface area contributed by atoms with Crippen molar-refractivity contribution in [3.63, 3.8) is 0 Å². The van der Waals surface area contributed by atoms with E-state index in [4.69, 9.17) is 17.3 Å². The lowest BCUT2D eigenvalue weighted by Gasteiger charge is -2.07. The fraction of sp³-hybridized carbons (Fsp3) is 0.133. The van der Waals surface area contributed by atoms with Gasteiger partial charge >= 0.3 is 0 Å². The molecule has 0 saturated heterocycles. The molecule has 2 rings (SSSR count). The highest BCUT2D eigenvalue weighted by Crippen LogP contribution is 2.31. The lowest BCUT2D eigenvalue weighted by molar-refractivity contribution is 1.42. The van der Waals surface area contributed by atoms with E-state index in [0.717, 1.165) is 16.8 Å². The molecular formula is C15H15ClN2S. The van der Waals surface area contributed by atoms with Crippen LogP contribution < -0.4 is 5.73 Å². The van der Waals surface area contributed by atoms with Crippen molar-refractivity contribution in [2.45, 2.75) is 4.90 Å². The van der Waals surface area contributed by atoms with E-state index in [-0.39, 0.29) is 5.88 Å². The molecule has 0 aliphatic heterocycles. The Labute approximate surface area is 122 Å². The zero-order chi connectivity index (χ0) is 13.7. The maximum absolute atomic E-state index is 5.71. The van der Waals surface area contributed by atoms with Gasteiger partial charge in [-0.15, -0.1) is 23.4 Å². The average Bonchev–Trinajstić information content (AvgIpc) is 2.48. The summed E-state index contributed by atoms with van der Waals surface area (Å²) in [5, 5.41) is 0. The van der Waals surface area contributed by atoms with Crippen LogP contribution in [0.1, 0.15) is 0 Å². The van der Waals surface area contributed by atoms with Crippen LogP contribution in [0.3, 0.4) is 0 Å². The Bertz CT molecular complexity index is 579. The summed E-state index contributed by atoms with van der Waals surface area (Å²) < 4.78 is 0. The minimum atomic E-state index is 0.236. The zero-order valence-electron chi connectivity index (χ0n) is 10.6. The molecular weight excluding hydrogens is 276 g/mol. The molecule has 0 spiro atoms. The second kappa shape index (κ2) is 6.64. The third-order valence-corrected chi connectivity index (χ3v) is 3.72. The molecule has 0 bridgehead atoms. The second-order valence-corrected chi connectivity index (χ2v) is 5.13. The van der Waals surface area contributed by atoms with E-state index >= 15 is 0 Å². The molecule has 0 saturated carbocycles. The van der Waals surface area contributed by atoms with Crippen molar-refractivity contribution in [3.8, 4) is 11.1 Å². The van der Waals surface area contributed by atoms with E-state index in [9.17, 15) is 0 Å². The maximum Gasteiger partial charge on any atom is 0.115 e. The number of thioether (sulfide) groups is 1. The Kier molecular flexibility index (Phi) is 4.88. The van der Waals surface area contributed by atoms with Gasteiger partial charge in [0.25, 0.3) is 0 Å². The van der Waals surface area contributed by atoms with Gasteiger partial charge in [0.2, 0.25) is 0 Å². The van der Waals surface area contributed by atoms with Crippen molar-refractivity contribution in [1.29, 1.82) is 0 Å². The third-order valence-electron chi connectivity index (χ3n) is 2.71. The van der Waals surface area contributed by atoms with Crippen molar-refractivity contribution >= 4 is 34.9 Å². The molecule has 0 fully saturated rings. The fourth-order valence-electron chi connectivity index (χ4n) is 1.77. The van der Waals surface area contributed by atoms with Gasteiger partial charge in [0.05, 0.1) is 11.6 Å². The van der Waals surface area contributed by atoms with Gasteiger partial charge in [-0.25, -0.2) is 4.99 Å². The molecule has 0 amide bonds. The van der Waals surface area contributed by atoms with E-state index in [1.165, 1.54) is 4.90 Å². The smallest absolute Gasteiger partial charge is 0.115 e. The van der Waals surface area contributed by atoms with Crippen LogP contribution in [0.15, 0.2) is 58.4 Å². The van der Waals surface area contributed by atoms with Crippen molar-refractivity contribution in [2.24, 2.45) is 10.7 Å². The molecule has 2 aromatic carbocycles. The van der Waals surface area contributed by atoms with E-state index in [1.54, 1.807) is 11.8 Å². The first-order valence-corrected chi connectivity index (χ1v) is 7.63. The highest BCUT2D eigenvalue weighted by atomic mass is 35.5. The van der Waals surface area contributed by atoms with Crippen molar-refractivity contribution in [2.75, 3.05) is 12.1 Å². The van der Waals surface area contributed by atoms with Crippen LogP contribution in [0.2, 0.25) is 0 Å². The number of rotatable bonds is 4. The Balaban J connectivity index is 2.43. The van der Waals surface area contributed by atoms with Gasteiger partial charge in [-0.2, -0.15) is 0 Å². The lowest BCUT2D eigenvalue weighted by atomic mass is 10.0. The summed E-state index contributed by atoms with van der Waals surface area (Å²) in [7, 11) is 0. The summed E-state index contributed by atoms with van der Waals surface area (Å²) >= 11 is 7.41. The standard InChI is InChI=1S/C15H15ClN2S/c1-19-12-8-6-11(7-9-12)13-4-2-3-5-14(13)18-15(17)10-16/h2-9H,10H2,1H3,(H2,17,18). The van der Waals surface area contributed by atoms with E-state index in [0.29, 0.717) is 5.84 Å². The van der Waals surface area contributed by atoms with Crippen LogP contribution in [-0.2, 0) is 0 Å². The van der Waals surface area contributed by atoms with Crippen molar-refractivity contribution < 1.29 is 0 Å². The van der Waals surface area contributed by atoms with Crippen molar-refractivity contribution in [1.82, 2.24) is 0 Å². The van der Waals surface area contributed by atoms with Gasteiger partial charge in [-0.3, -0.25) is 0 Å². The molecule has 0 aliphatic carbocycles. The van der Waals surface area contributed by atoms with E-state index in [2.05, 4.69) is 35.5 Å². The largest absolute Gasteiger partial charge is 0.386 e. The summed E-state index contributed by atoms with van der Waals surface area (Å²) in [6, 6.07) is 16.3. The molecule has 2 aromatic rings. The maximum atomic E-state index is 5.71. The van der Waals surface area contributed by atoms with Gasteiger partial charge in [-0.1, -0.05) is 30.3 Å². The molecule has 2 nitrogen and oxygen atoms in total. The number of halogens is 1. The quantitative estimate of drug-likeness (QED) is 0.394. The Hall–Kier alpha value is -1.45. The first-order chi connectivity index (χ1) is 9.24. The van der Waals surface area contributed by atoms with E-state index < -0.39 is 0 Å². The Morgan fingerprint density at radius 3 is 2.47 bits per heavy atom. The first kappa shape index (κ1) is 14.0. The molecule has 0 radical (unpaired) electrons. The Morgan fingerprint density at radius 1 is 1.16 bits per heavy atom. The molecule has 2 N–H and O–H groups in total. The SMILES string of the molecule is CSc1ccc(-c2ccccc2N=C(N)CCl)cc1. The number of benzene rings is 2. The van der Waals surface area contributed by atoms with Gasteiger partial charge in [-0.05, 0) is 30.0 Å². The summed E-state index contributed by atoms with van der Waals surface area (Å²) in [5.74, 6) is 0.662. The molecule has 19 heavy (non-hydrogen) atoms. The lowest BCUT2D eigenvalue weighted by Crippen LogP contribution is -2.12. The summed E-state index contributed by atoms with van der Waals surface area (Å²) in [5.41, 5.74) is 8.74. The number of hydrogen-bond donors (Lipinski definition) is 1. The van der Waals surface area contributed by atoms with Gasteiger partial charge in [0.1, 0.15) is 5.84 Å². The fourth-order valence-corrected chi connectivity index (χ4v) is 2.24. The van der Waals surface area contributed by atoms with E-state index in [1.807, 2.05) is 24.3 Å². The Morgan fingerprint density at radius 2 is 1.84 bits per heavy atom. The first-order valence-electron chi connectivity index (χ1n) is 5.87. The molecule has 0 atom stereocenters. The van der Waals surface area contributed by atoms with Gasteiger partial charge in [0, 0.05) is 10.5 Å². The molecule has 0 unspecified atom stereocenters. The normalized spacial score (nSPS) is 11.6. The highest BCUT2D eigenvalue weighted by molar-refractivity contribution is 7.98. The number of nitrogens with two attached hydrogens (primary N) is 1. The van der Waals surface area contributed by atoms with Crippen LogP contribution in [0, 0.1) is 0 Å². The van der Waals surface area contributed by atoms with Gasteiger partial charge < -0.3 is 5.73 Å². The van der Waals surface area contributed by atoms with Crippen molar-refractivity contribution in [3.05, 3.63) is 48.5 Å². The van der Waals surface area contributed by atoms with Crippen LogP contribution >= 0.6 is 23.4 Å². The van der Waals surface area contributed by atoms with Crippen LogP contribution in [0.25, 0.3) is 11.1 Å². The topological polar surface area (TPSA) is 38.4 Å². The number of hydrogen-bond acceptors (Lipinski definition) is 2. The number of alkyl halides is 1. The highest BCUT2D eigenvalue weighted by Gasteiger charge is 2.04. The number of nitrogens with zero attached hydrogens (tertiary/aromatic N) is 1. The van der Waals surface area contributed by atoms with Crippen LogP contribution in [-0.4, -0.2) is 18.0 Å². The third kappa shape index (κ3) is 3.52. The number of amidine groups is 1. The minimum Gasteiger partial charge on any atom is -0.386 e. The van der Waals surface area contributed by atoms with Crippen LogP contribution in [0.4, 0.5) is 5.69 Å². The summed E-state index contributed by atoms with van der Waals surface area (Å²) in [6.07, 6.45) is 2.06. The number of aliphatic imine (C=N–C) groups is 1. The second-order valence-electron chi connectivity index (χ2n) is 3.98. The predicted octanol–water partition coefficient (Wildman–Crippen LogP) is 4.30. The summed E-state index contributed by atoms with van der Waals surface area (Å²) in [6.45, 7) is 0. The molecule has 0 aliphatic rings. The monoisotopic (exact) mass is 290 g/mol. The minimum absolute atomic E-state index is 0.236. The van der Waals surface area contributed by atoms with Crippen LogP contribution in [0.5, 0.6) is 0 Å². The van der Waals surface area contributed by atoms with Gasteiger partial charge in [0.15, 0.2) is 0 Å². The molecule has 0 aromatic heterocycles. The molecule has 4 heteroatoms. The molecule has 98 valence electrons.